The molecule has 2 heterocycles. The van der Waals surface area contributed by atoms with E-state index in [0.29, 0.717) is 16.1 Å². The van der Waals surface area contributed by atoms with Gasteiger partial charge in [0, 0.05) is 16.9 Å². The molecule has 1 unspecified atom stereocenters. The number of thiophene rings is 1. The van der Waals surface area contributed by atoms with Crippen molar-refractivity contribution in [2.45, 2.75) is 24.4 Å². The van der Waals surface area contributed by atoms with Gasteiger partial charge in [-0.1, -0.05) is 42.5 Å². The van der Waals surface area contributed by atoms with Crippen LogP contribution in [0.25, 0.3) is 0 Å². The van der Waals surface area contributed by atoms with Crippen LogP contribution in [-0.2, 0) is 19.5 Å². The lowest BCUT2D eigenvalue weighted by Crippen LogP contribution is -3.10. The Bertz CT molecular complexity index is 1070. The van der Waals surface area contributed by atoms with Gasteiger partial charge in [0.05, 0.1) is 22.5 Å². The number of rotatable bonds is 5. The minimum Gasteiger partial charge on any atom is -0.326 e. The van der Waals surface area contributed by atoms with E-state index in [9.17, 15) is 10.1 Å². The lowest BCUT2D eigenvalue weighted by molar-refractivity contribution is -0.929. The van der Waals surface area contributed by atoms with Gasteiger partial charge in [-0.15, -0.1) is 23.1 Å². The quantitative estimate of drug-likeness (QED) is 0.619. The number of fused-ring (bicyclic) bond motifs is 1. The van der Waals surface area contributed by atoms with Crippen LogP contribution >= 0.6 is 23.1 Å². The van der Waals surface area contributed by atoms with Gasteiger partial charge in [0.1, 0.15) is 24.2 Å². The van der Waals surface area contributed by atoms with E-state index in [2.05, 4.69) is 35.7 Å². The van der Waals surface area contributed by atoms with Gasteiger partial charge < -0.3 is 10.2 Å². The van der Waals surface area contributed by atoms with Crippen LogP contribution in [0, 0.1) is 11.3 Å². The topological polar surface area (TPSA) is 57.3 Å². The molecule has 1 aliphatic heterocycles. The third-order valence-corrected chi connectivity index (χ3v) is 7.16. The highest BCUT2D eigenvalue weighted by atomic mass is 32.2. The molecule has 1 atom stereocenters. The molecule has 2 N–H and O–H groups in total. The van der Waals surface area contributed by atoms with Crippen molar-refractivity contribution in [3.63, 3.8) is 0 Å². The van der Waals surface area contributed by atoms with Gasteiger partial charge in [-0.2, -0.15) is 5.26 Å². The van der Waals surface area contributed by atoms with Crippen LogP contribution in [0.3, 0.4) is 0 Å². The SMILES string of the molecule is CSc1ccccc1C(=O)Nc1sc2c(c1C#N)CC[NH+](Cc1ccccc1)C2. The highest BCUT2D eigenvalue weighted by Gasteiger charge is 2.28. The molecule has 2 aromatic carbocycles. The Balaban J connectivity index is 1.55. The van der Waals surface area contributed by atoms with Crippen LogP contribution in [0.1, 0.15) is 31.9 Å². The van der Waals surface area contributed by atoms with Crippen LogP contribution in [-0.4, -0.2) is 18.7 Å². The molecule has 0 fully saturated rings. The Hall–Kier alpha value is -2.59. The second-order valence-electron chi connectivity index (χ2n) is 7.06. The van der Waals surface area contributed by atoms with E-state index in [-0.39, 0.29) is 5.91 Å². The highest BCUT2D eigenvalue weighted by molar-refractivity contribution is 7.98. The third kappa shape index (κ3) is 4.23. The molecule has 4 rings (SSSR count). The summed E-state index contributed by atoms with van der Waals surface area (Å²) >= 11 is 3.10. The fourth-order valence-corrected chi connectivity index (χ4v) is 5.64. The summed E-state index contributed by atoms with van der Waals surface area (Å²) in [5, 5.41) is 13.4. The Kier molecular flexibility index (Phi) is 6.00. The molecule has 0 saturated heterocycles. The van der Waals surface area contributed by atoms with E-state index in [1.54, 1.807) is 23.1 Å². The second-order valence-corrected chi connectivity index (χ2v) is 9.02. The maximum atomic E-state index is 12.8. The van der Waals surface area contributed by atoms with Gasteiger partial charge in [0.2, 0.25) is 0 Å². The molecule has 1 amide bonds. The molecule has 4 nitrogen and oxygen atoms in total. The lowest BCUT2D eigenvalue weighted by Gasteiger charge is -2.23. The molecule has 0 spiro atoms. The number of nitrogens with zero attached hydrogens (tertiary/aromatic N) is 1. The summed E-state index contributed by atoms with van der Waals surface area (Å²) in [6.07, 6.45) is 2.83. The minimum absolute atomic E-state index is 0.154. The van der Waals surface area contributed by atoms with Crippen LogP contribution in [0.15, 0.2) is 59.5 Å². The fraction of sp³-hybridized carbons (Fsp3) is 0.217. The van der Waals surface area contributed by atoms with Crippen molar-refractivity contribution < 1.29 is 9.69 Å². The van der Waals surface area contributed by atoms with Gasteiger partial charge in [-0.25, -0.2) is 0 Å². The first-order chi connectivity index (χ1) is 14.2. The second kappa shape index (κ2) is 8.83. The maximum Gasteiger partial charge on any atom is 0.257 e. The Morgan fingerprint density at radius 1 is 1.21 bits per heavy atom. The monoisotopic (exact) mass is 420 g/mol. The van der Waals surface area contributed by atoms with E-state index in [4.69, 9.17) is 0 Å². The number of thioether (sulfide) groups is 1. The van der Waals surface area contributed by atoms with E-state index >= 15 is 0 Å². The predicted molar refractivity (Wildman–Crippen MR) is 119 cm³/mol. The van der Waals surface area contributed by atoms with Crippen molar-refractivity contribution in [3.05, 3.63) is 81.7 Å². The smallest absolute Gasteiger partial charge is 0.257 e. The Labute approximate surface area is 179 Å². The molecule has 0 aliphatic carbocycles. The molecule has 146 valence electrons. The molecular formula is C23H22N3OS2+. The highest BCUT2D eigenvalue weighted by Crippen LogP contribution is 2.35. The molecule has 6 heteroatoms. The summed E-state index contributed by atoms with van der Waals surface area (Å²) in [6.45, 7) is 2.86. The number of nitriles is 1. The van der Waals surface area contributed by atoms with Crippen molar-refractivity contribution in [3.8, 4) is 6.07 Å². The van der Waals surface area contributed by atoms with E-state index in [1.807, 2.05) is 36.6 Å². The number of hydrogen-bond acceptors (Lipinski definition) is 4. The van der Waals surface area contributed by atoms with Crippen LogP contribution in [0.2, 0.25) is 0 Å². The van der Waals surface area contributed by atoms with Gasteiger partial charge in [0.15, 0.2) is 0 Å². The summed E-state index contributed by atoms with van der Waals surface area (Å²) in [5.74, 6) is -0.154. The summed E-state index contributed by atoms with van der Waals surface area (Å²) < 4.78 is 0. The average Bonchev–Trinajstić information content (AvgIpc) is 3.10. The first kappa shape index (κ1) is 19.7. The van der Waals surface area contributed by atoms with Gasteiger partial charge in [-0.3, -0.25) is 4.79 Å². The first-order valence-electron chi connectivity index (χ1n) is 9.56. The van der Waals surface area contributed by atoms with Crippen LogP contribution in [0.5, 0.6) is 0 Å². The standard InChI is InChI=1S/C23H21N3OS2/c1-28-20-10-6-5-9-18(20)22(27)25-23-19(13-24)17-11-12-26(15-21(17)29-23)14-16-7-3-2-4-8-16/h2-10H,11-12,14-15H2,1H3,(H,25,27)/p+1. The number of carbonyl (C=O) groups excluding carboxylic acids is 1. The van der Waals surface area contributed by atoms with Crippen LogP contribution < -0.4 is 10.2 Å². The third-order valence-electron chi connectivity index (χ3n) is 5.22. The molecule has 3 aromatic rings. The number of nitrogens with one attached hydrogen (secondary N) is 2. The molecular weight excluding hydrogens is 398 g/mol. The largest absolute Gasteiger partial charge is 0.326 e. The number of hydrogen-bond donors (Lipinski definition) is 2. The number of amides is 1. The first-order valence-corrected chi connectivity index (χ1v) is 11.6. The van der Waals surface area contributed by atoms with Crippen molar-refractivity contribution >= 4 is 34.0 Å². The molecule has 1 aromatic heterocycles. The summed E-state index contributed by atoms with van der Waals surface area (Å²) in [7, 11) is 0. The zero-order chi connectivity index (χ0) is 20.2. The summed E-state index contributed by atoms with van der Waals surface area (Å²) in [5.41, 5.74) is 3.72. The molecule has 29 heavy (non-hydrogen) atoms. The summed E-state index contributed by atoms with van der Waals surface area (Å²) in [6, 6.07) is 20.4. The number of anilines is 1. The zero-order valence-corrected chi connectivity index (χ0v) is 17.8. The van der Waals surface area contributed by atoms with Crippen molar-refractivity contribution in [1.82, 2.24) is 0 Å². The fourth-order valence-electron chi connectivity index (χ4n) is 3.78. The molecule has 0 radical (unpaired) electrons. The molecule has 1 aliphatic rings. The van der Waals surface area contributed by atoms with E-state index < -0.39 is 0 Å². The van der Waals surface area contributed by atoms with Crippen molar-refractivity contribution in [2.24, 2.45) is 0 Å². The maximum absolute atomic E-state index is 12.8. The Morgan fingerprint density at radius 2 is 1.97 bits per heavy atom. The van der Waals surface area contributed by atoms with Gasteiger partial charge in [-0.05, 0) is 24.0 Å². The zero-order valence-electron chi connectivity index (χ0n) is 16.2. The van der Waals surface area contributed by atoms with Gasteiger partial charge >= 0.3 is 0 Å². The lowest BCUT2D eigenvalue weighted by atomic mass is 10.0. The number of benzene rings is 2. The molecule has 0 bridgehead atoms. The normalized spacial score (nSPS) is 15.4. The van der Waals surface area contributed by atoms with Crippen molar-refractivity contribution in [1.29, 1.82) is 5.26 Å². The number of quaternary nitrogens is 1. The van der Waals surface area contributed by atoms with Crippen LogP contribution in [0.4, 0.5) is 5.00 Å². The van der Waals surface area contributed by atoms with Crippen molar-refractivity contribution in [2.75, 3.05) is 18.1 Å². The van der Waals surface area contributed by atoms with E-state index in [0.717, 1.165) is 36.5 Å². The molecule has 0 saturated carbocycles. The predicted octanol–water partition coefficient (Wildman–Crippen LogP) is 3.74. The summed E-state index contributed by atoms with van der Waals surface area (Å²) in [4.78, 5) is 16.5. The minimum atomic E-state index is -0.154. The average molecular weight is 421 g/mol. The van der Waals surface area contributed by atoms with E-state index in [1.165, 1.54) is 15.3 Å². The Morgan fingerprint density at radius 3 is 2.72 bits per heavy atom. The van der Waals surface area contributed by atoms with Gasteiger partial charge in [0.25, 0.3) is 5.91 Å². The number of carbonyl (C=O) groups is 1.